The van der Waals surface area contributed by atoms with Crippen LogP contribution in [0.1, 0.15) is 72.8 Å². The van der Waals surface area contributed by atoms with Crippen LogP contribution in [0.25, 0.3) is 11.1 Å². The average Bonchev–Trinajstić information content (AvgIpc) is 3.76. The maximum atomic E-state index is 12.9. The molecule has 1 aliphatic heterocycles. The fourth-order valence-electron chi connectivity index (χ4n) is 7.67. The number of carbonyl (C=O) groups excluding carboxylic acids is 2. The van der Waals surface area contributed by atoms with Crippen molar-refractivity contribution in [1.82, 2.24) is 15.5 Å². The van der Waals surface area contributed by atoms with Gasteiger partial charge in [-0.1, -0.05) is 117 Å². The number of aliphatic hydroxyl groups excluding tert-OH is 1. The van der Waals surface area contributed by atoms with Crippen LogP contribution < -0.4 is 10.6 Å². The Morgan fingerprint density at radius 2 is 1.59 bits per heavy atom. The molecule has 2 amide bonds. The van der Waals surface area contributed by atoms with Gasteiger partial charge in [0.2, 0.25) is 0 Å². The van der Waals surface area contributed by atoms with Crippen LogP contribution >= 0.6 is 0 Å². The first-order chi connectivity index (χ1) is 26.3. The van der Waals surface area contributed by atoms with Gasteiger partial charge in [0.15, 0.2) is 6.29 Å². The number of rotatable bonds is 15. The second-order valence-corrected chi connectivity index (χ2v) is 14.4. The Kier molecular flexibility index (Phi) is 13.7. The molecular formula is C45H53N3O6. The monoisotopic (exact) mass is 731 g/mol. The van der Waals surface area contributed by atoms with E-state index in [0.717, 1.165) is 52.0 Å². The molecule has 4 aromatic rings. The molecule has 0 spiro atoms. The number of ether oxygens (including phenoxy) is 3. The summed E-state index contributed by atoms with van der Waals surface area (Å²) in [7, 11) is 1.32. The molecule has 0 aromatic heterocycles. The highest BCUT2D eigenvalue weighted by atomic mass is 16.7. The van der Waals surface area contributed by atoms with Gasteiger partial charge in [0, 0.05) is 43.6 Å². The van der Waals surface area contributed by atoms with Crippen molar-refractivity contribution in [3.63, 3.8) is 0 Å². The second-order valence-electron chi connectivity index (χ2n) is 14.4. The fraction of sp³-hybridized carbons (Fsp3) is 0.378. The van der Waals surface area contributed by atoms with E-state index in [4.69, 9.17) is 14.2 Å². The van der Waals surface area contributed by atoms with Crippen molar-refractivity contribution in [2.75, 3.05) is 20.2 Å². The molecule has 2 fully saturated rings. The van der Waals surface area contributed by atoms with E-state index in [2.05, 4.69) is 65.4 Å². The SMILES string of the molecule is C=CCN(CC1OC(c2cccc(-c3cccc(CNC(=O)NC(Cc4ccccc4)C(=O)OC)c3)c2)OC(c2ccc(CO)cc2)C1C)C1CCCC1. The Morgan fingerprint density at radius 1 is 0.889 bits per heavy atom. The summed E-state index contributed by atoms with van der Waals surface area (Å²) in [6.07, 6.45) is 6.36. The Hall–Kier alpha value is -4.80. The van der Waals surface area contributed by atoms with Crippen LogP contribution in [0.4, 0.5) is 4.79 Å². The smallest absolute Gasteiger partial charge is 0.328 e. The number of hydrogen-bond donors (Lipinski definition) is 3. The zero-order valence-corrected chi connectivity index (χ0v) is 31.4. The van der Waals surface area contributed by atoms with Gasteiger partial charge in [0.1, 0.15) is 6.04 Å². The number of urea groups is 1. The van der Waals surface area contributed by atoms with Crippen LogP contribution in [0.3, 0.4) is 0 Å². The van der Waals surface area contributed by atoms with E-state index < -0.39 is 24.3 Å². The standard InChI is InChI=1S/C45H53N3O6/c1-4-24-48(39-18-8-9-19-39)29-41-31(2)42(35-22-20-33(30-49)21-23-35)54-44(53-41)38-17-11-16-37(27-38)36-15-10-14-34(25-36)28-46-45(51)47-40(43(50)52-3)26-32-12-6-5-7-13-32/h4-7,10-17,20-23,25,27,31,39-42,44,49H,1,8-9,18-19,24,26,28-30H2,2-3H3,(H2,46,47,51). The molecule has 3 N–H and O–H groups in total. The van der Waals surface area contributed by atoms with E-state index in [1.807, 2.05) is 72.8 Å². The van der Waals surface area contributed by atoms with Gasteiger partial charge in [0.05, 0.1) is 25.9 Å². The fourth-order valence-corrected chi connectivity index (χ4v) is 7.67. The summed E-state index contributed by atoms with van der Waals surface area (Å²) in [5.41, 5.74) is 6.67. The van der Waals surface area contributed by atoms with Crippen LogP contribution in [-0.2, 0) is 38.6 Å². The van der Waals surface area contributed by atoms with Gasteiger partial charge in [-0.05, 0) is 58.4 Å². The summed E-state index contributed by atoms with van der Waals surface area (Å²) in [4.78, 5) is 27.9. The first-order valence-corrected chi connectivity index (χ1v) is 19.1. The third-order valence-corrected chi connectivity index (χ3v) is 10.7. The predicted molar refractivity (Wildman–Crippen MR) is 210 cm³/mol. The molecule has 6 rings (SSSR count). The first-order valence-electron chi connectivity index (χ1n) is 19.1. The molecule has 9 heteroatoms. The first kappa shape index (κ1) is 38.9. The third-order valence-electron chi connectivity index (χ3n) is 10.7. The van der Waals surface area contributed by atoms with E-state index in [1.165, 1.54) is 32.8 Å². The van der Waals surface area contributed by atoms with Gasteiger partial charge in [-0.3, -0.25) is 4.90 Å². The molecule has 284 valence electrons. The minimum atomic E-state index is -0.814. The number of nitrogens with one attached hydrogen (secondary N) is 2. The maximum absolute atomic E-state index is 12.9. The lowest BCUT2D eigenvalue weighted by Crippen LogP contribution is -2.47. The number of hydrogen-bond acceptors (Lipinski definition) is 7. The van der Waals surface area contributed by atoms with Crippen molar-refractivity contribution < 1.29 is 28.9 Å². The number of esters is 1. The molecule has 54 heavy (non-hydrogen) atoms. The second kappa shape index (κ2) is 19.0. The Bertz CT molecular complexity index is 1830. The van der Waals surface area contributed by atoms with Gasteiger partial charge in [-0.2, -0.15) is 0 Å². The summed E-state index contributed by atoms with van der Waals surface area (Å²) >= 11 is 0. The molecule has 1 aliphatic carbocycles. The van der Waals surface area contributed by atoms with Crippen LogP contribution in [-0.4, -0.2) is 60.4 Å². The normalized spacial score (nSPS) is 20.7. The summed E-state index contributed by atoms with van der Waals surface area (Å²) in [6.45, 7) is 8.14. The predicted octanol–water partition coefficient (Wildman–Crippen LogP) is 7.65. The summed E-state index contributed by atoms with van der Waals surface area (Å²) in [5.74, 6) is -0.419. The van der Waals surface area contributed by atoms with Crippen LogP contribution in [0.15, 0.2) is 116 Å². The van der Waals surface area contributed by atoms with Crippen molar-refractivity contribution in [3.8, 4) is 11.1 Å². The Balaban J connectivity index is 1.17. The lowest BCUT2D eigenvalue weighted by atomic mass is 9.89. The molecule has 0 bridgehead atoms. The molecule has 0 radical (unpaired) electrons. The summed E-state index contributed by atoms with van der Waals surface area (Å²) in [6, 6.07) is 33.1. The van der Waals surface area contributed by atoms with Gasteiger partial charge in [0.25, 0.3) is 0 Å². The van der Waals surface area contributed by atoms with Crippen molar-refractivity contribution >= 4 is 12.0 Å². The van der Waals surface area contributed by atoms with Crippen LogP contribution in [0.2, 0.25) is 0 Å². The van der Waals surface area contributed by atoms with Crippen LogP contribution in [0, 0.1) is 5.92 Å². The highest BCUT2D eigenvalue weighted by molar-refractivity contribution is 5.83. The molecular weight excluding hydrogens is 679 g/mol. The van der Waals surface area contributed by atoms with Crippen molar-refractivity contribution in [2.45, 2.75) is 82.8 Å². The quantitative estimate of drug-likeness (QED) is 0.0852. The van der Waals surface area contributed by atoms with E-state index in [1.54, 1.807) is 0 Å². The maximum Gasteiger partial charge on any atom is 0.328 e. The lowest BCUT2D eigenvalue weighted by Gasteiger charge is -2.43. The highest BCUT2D eigenvalue weighted by Crippen LogP contribution is 2.43. The van der Waals surface area contributed by atoms with Gasteiger partial charge >= 0.3 is 12.0 Å². The van der Waals surface area contributed by atoms with E-state index >= 15 is 0 Å². The number of nitrogens with zero attached hydrogens (tertiary/aromatic N) is 1. The topological polar surface area (TPSA) is 109 Å². The molecule has 5 atom stereocenters. The zero-order valence-electron chi connectivity index (χ0n) is 31.4. The van der Waals surface area contributed by atoms with Crippen molar-refractivity contribution in [2.24, 2.45) is 5.92 Å². The minimum absolute atomic E-state index is 0.00448. The number of carbonyl (C=O) groups is 2. The van der Waals surface area contributed by atoms with Gasteiger partial charge in [-0.25, -0.2) is 9.59 Å². The van der Waals surface area contributed by atoms with Gasteiger partial charge in [-0.15, -0.1) is 6.58 Å². The molecule has 5 unspecified atom stereocenters. The third kappa shape index (κ3) is 10.0. The molecule has 4 aromatic carbocycles. The average molecular weight is 732 g/mol. The molecule has 1 saturated carbocycles. The van der Waals surface area contributed by atoms with E-state index in [0.29, 0.717) is 12.5 Å². The molecule has 9 nitrogen and oxygen atoms in total. The summed E-state index contributed by atoms with van der Waals surface area (Å²) < 4.78 is 18.6. The number of methoxy groups -OCH3 is 1. The van der Waals surface area contributed by atoms with Gasteiger partial charge < -0.3 is 30.0 Å². The van der Waals surface area contributed by atoms with Crippen LogP contribution in [0.5, 0.6) is 0 Å². The number of aliphatic hydroxyl groups is 1. The minimum Gasteiger partial charge on any atom is -0.467 e. The molecule has 1 heterocycles. The molecule has 2 aliphatic rings. The zero-order chi connectivity index (χ0) is 37.9. The highest BCUT2D eigenvalue weighted by Gasteiger charge is 2.40. The van der Waals surface area contributed by atoms with Crippen molar-refractivity contribution in [3.05, 3.63) is 144 Å². The Morgan fingerprint density at radius 3 is 2.30 bits per heavy atom. The lowest BCUT2D eigenvalue weighted by molar-refractivity contribution is -0.276. The largest absolute Gasteiger partial charge is 0.467 e. The Labute approximate surface area is 319 Å². The number of amides is 2. The molecule has 1 saturated heterocycles. The van der Waals surface area contributed by atoms with Crippen molar-refractivity contribution in [1.29, 1.82) is 0 Å². The van der Waals surface area contributed by atoms with E-state index in [9.17, 15) is 14.7 Å². The summed E-state index contributed by atoms with van der Waals surface area (Å²) in [5, 5.41) is 15.3. The van der Waals surface area contributed by atoms with E-state index in [-0.39, 0.29) is 31.3 Å². The number of benzene rings is 4.